The van der Waals surface area contributed by atoms with E-state index in [1.807, 2.05) is 18.7 Å². The Balaban J connectivity index is 4.18. The second kappa shape index (κ2) is 13.4. The average molecular weight is 328 g/mol. The summed E-state index contributed by atoms with van der Waals surface area (Å²) in [4.78, 5) is 25.9. The first kappa shape index (κ1) is 21.9. The monoisotopic (exact) mass is 327 g/mol. The van der Waals surface area contributed by atoms with E-state index in [4.69, 9.17) is 4.74 Å². The lowest BCUT2D eigenvalue weighted by molar-refractivity contribution is -0.145. The van der Waals surface area contributed by atoms with Gasteiger partial charge >= 0.3 is 5.97 Å². The van der Waals surface area contributed by atoms with E-state index in [0.29, 0.717) is 44.4 Å². The molecule has 0 saturated carbocycles. The average Bonchev–Trinajstić information content (AvgIpc) is 2.48. The van der Waals surface area contributed by atoms with Gasteiger partial charge in [-0.05, 0) is 18.3 Å². The maximum absolute atomic E-state index is 12.4. The van der Waals surface area contributed by atoms with Crippen LogP contribution in [0.2, 0.25) is 0 Å². The third-order valence-corrected chi connectivity index (χ3v) is 3.60. The van der Waals surface area contributed by atoms with Gasteiger partial charge in [-0.1, -0.05) is 60.3 Å². The molecular weight excluding hydrogens is 290 g/mol. The molecule has 0 aliphatic carbocycles. The Morgan fingerprint density at radius 2 is 1.57 bits per heavy atom. The van der Waals surface area contributed by atoms with Crippen molar-refractivity contribution in [1.82, 2.24) is 4.90 Å². The van der Waals surface area contributed by atoms with Crippen LogP contribution in [0.1, 0.15) is 79.6 Å². The second-order valence-corrected chi connectivity index (χ2v) is 7.22. The van der Waals surface area contributed by atoms with E-state index in [9.17, 15) is 9.59 Å². The van der Waals surface area contributed by atoms with Crippen molar-refractivity contribution in [2.75, 3.05) is 19.7 Å². The van der Waals surface area contributed by atoms with Gasteiger partial charge in [0.1, 0.15) is 0 Å². The molecule has 0 N–H and O–H groups in total. The second-order valence-electron chi connectivity index (χ2n) is 7.22. The highest BCUT2D eigenvalue weighted by Gasteiger charge is 2.16. The van der Waals surface area contributed by atoms with Gasteiger partial charge in [-0.25, -0.2) is 0 Å². The molecule has 0 spiro atoms. The van der Waals surface area contributed by atoms with Crippen molar-refractivity contribution >= 4 is 11.9 Å². The van der Waals surface area contributed by atoms with E-state index in [-0.39, 0.29) is 11.9 Å². The molecule has 0 aromatic heterocycles. The van der Waals surface area contributed by atoms with Gasteiger partial charge in [-0.3, -0.25) is 9.59 Å². The molecule has 0 heterocycles. The summed E-state index contributed by atoms with van der Waals surface area (Å²) in [5.41, 5.74) is 0. The molecule has 0 unspecified atom stereocenters. The standard InChI is InChI=1S/C19H37NO3/c1-6-7-8-9-10-11-18(21)20(14-16(2)3)13-12-19(22)23-15-17(4)5/h16-17H,6-15H2,1-5H3. The minimum atomic E-state index is -0.205. The van der Waals surface area contributed by atoms with Gasteiger partial charge in [-0.15, -0.1) is 0 Å². The number of unbranched alkanes of at least 4 members (excludes halogenated alkanes) is 4. The van der Waals surface area contributed by atoms with Crippen molar-refractivity contribution in [2.45, 2.75) is 79.6 Å². The third kappa shape index (κ3) is 13.1. The van der Waals surface area contributed by atoms with E-state index < -0.39 is 0 Å². The SMILES string of the molecule is CCCCCCCC(=O)N(CCC(=O)OCC(C)C)CC(C)C. The minimum Gasteiger partial charge on any atom is -0.465 e. The van der Waals surface area contributed by atoms with Crippen molar-refractivity contribution in [3.8, 4) is 0 Å². The van der Waals surface area contributed by atoms with Crippen LogP contribution in [0.25, 0.3) is 0 Å². The van der Waals surface area contributed by atoms with E-state index in [2.05, 4.69) is 20.8 Å². The summed E-state index contributed by atoms with van der Waals surface area (Å²) < 4.78 is 5.19. The molecule has 4 nitrogen and oxygen atoms in total. The van der Waals surface area contributed by atoms with E-state index >= 15 is 0 Å². The van der Waals surface area contributed by atoms with Crippen molar-refractivity contribution in [3.63, 3.8) is 0 Å². The number of ether oxygens (including phenoxy) is 1. The molecule has 136 valence electrons. The van der Waals surface area contributed by atoms with Crippen LogP contribution >= 0.6 is 0 Å². The number of hydrogen-bond acceptors (Lipinski definition) is 3. The molecule has 0 aliphatic heterocycles. The Kier molecular flexibility index (Phi) is 12.8. The zero-order valence-corrected chi connectivity index (χ0v) is 15.9. The lowest BCUT2D eigenvalue weighted by Gasteiger charge is -2.24. The Morgan fingerprint density at radius 1 is 0.913 bits per heavy atom. The lowest BCUT2D eigenvalue weighted by Crippen LogP contribution is -2.36. The number of carbonyl (C=O) groups is 2. The zero-order chi connectivity index (χ0) is 17.7. The number of rotatable bonds is 13. The largest absolute Gasteiger partial charge is 0.465 e. The molecule has 23 heavy (non-hydrogen) atoms. The van der Waals surface area contributed by atoms with Crippen molar-refractivity contribution in [1.29, 1.82) is 0 Å². The molecule has 0 radical (unpaired) electrons. The summed E-state index contributed by atoms with van der Waals surface area (Å²) >= 11 is 0. The Morgan fingerprint density at radius 3 is 2.13 bits per heavy atom. The van der Waals surface area contributed by atoms with Gasteiger partial charge in [0.2, 0.25) is 5.91 Å². The van der Waals surface area contributed by atoms with Crippen LogP contribution in [0, 0.1) is 11.8 Å². The topological polar surface area (TPSA) is 46.6 Å². The first-order valence-corrected chi connectivity index (χ1v) is 9.30. The number of esters is 1. The molecule has 0 aromatic carbocycles. The van der Waals surface area contributed by atoms with Crippen LogP contribution in [0.4, 0.5) is 0 Å². The highest BCUT2D eigenvalue weighted by atomic mass is 16.5. The first-order valence-electron chi connectivity index (χ1n) is 9.30. The molecule has 0 aromatic rings. The summed E-state index contributed by atoms with van der Waals surface area (Å²) in [5.74, 6) is 0.719. The Bertz CT molecular complexity index is 327. The predicted octanol–water partition coefficient (Wildman–Crippen LogP) is 4.42. The van der Waals surface area contributed by atoms with E-state index in [1.54, 1.807) is 0 Å². The number of amides is 1. The van der Waals surface area contributed by atoms with Crippen LogP contribution < -0.4 is 0 Å². The van der Waals surface area contributed by atoms with Crippen LogP contribution in [0.5, 0.6) is 0 Å². The van der Waals surface area contributed by atoms with Crippen molar-refractivity contribution < 1.29 is 14.3 Å². The highest BCUT2D eigenvalue weighted by molar-refractivity contribution is 5.77. The fourth-order valence-electron chi connectivity index (χ4n) is 2.35. The molecule has 4 heteroatoms. The molecule has 0 rings (SSSR count). The Hall–Kier alpha value is -1.06. The van der Waals surface area contributed by atoms with Gasteiger partial charge in [-0.2, -0.15) is 0 Å². The number of carbonyl (C=O) groups excluding carboxylic acids is 2. The van der Waals surface area contributed by atoms with E-state index in [0.717, 1.165) is 12.8 Å². The molecule has 0 aliphatic rings. The summed E-state index contributed by atoms with van der Waals surface area (Å²) in [5, 5.41) is 0. The van der Waals surface area contributed by atoms with Gasteiger partial charge in [0.15, 0.2) is 0 Å². The predicted molar refractivity (Wildman–Crippen MR) is 95.2 cm³/mol. The van der Waals surface area contributed by atoms with Crippen molar-refractivity contribution in [3.05, 3.63) is 0 Å². The molecule has 0 bridgehead atoms. The summed E-state index contributed by atoms with van der Waals surface area (Å²) in [6.45, 7) is 12.1. The molecule has 0 saturated heterocycles. The maximum atomic E-state index is 12.4. The van der Waals surface area contributed by atoms with Crippen LogP contribution in [0.15, 0.2) is 0 Å². The number of hydrogen-bond donors (Lipinski definition) is 0. The summed E-state index contributed by atoms with van der Waals surface area (Å²) in [6.07, 6.45) is 6.61. The normalized spacial score (nSPS) is 11.1. The fraction of sp³-hybridized carbons (Fsp3) is 0.895. The quantitative estimate of drug-likeness (QED) is 0.371. The zero-order valence-electron chi connectivity index (χ0n) is 15.9. The van der Waals surface area contributed by atoms with Crippen LogP contribution in [-0.4, -0.2) is 36.5 Å². The minimum absolute atomic E-state index is 0.173. The van der Waals surface area contributed by atoms with Crippen LogP contribution in [0.3, 0.4) is 0 Å². The van der Waals surface area contributed by atoms with Gasteiger partial charge in [0, 0.05) is 19.5 Å². The van der Waals surface area contributed by atoms with Crippen molar-refractivity contribution in [2.24, 2.45) is 11.8 Å². The smallest absolute Gasteiger partial charge is 0.307 e. The Labute approximate surface area is 143 Å². The molecule has 0 fully saturated rings. The summed E-state index contributed by atoms with van der Waals surface area (Å²) in [6, 6.07) is 0. The third-order valence-electron chi connectivity index (χ3n) is 3.60. The van der Waals surface area contributed by atoms with Gasteiger partial charge < -0.3 is 9.64 Å². The molecule has 0 atom stereocenters. The van der Waals surface area contributed by atoms with Gasteiger partial charge in [0.05, 0.1) is 13.0 Å². The lowest BCUT2D eigenvalue weighted by atomic mass is 10.1. The maximum Gasteiger partial charge on any atom is 0.307 e. The highest BCUT2D eigenvalue weighted by Crippen LogP contribution is 2.09. The van der Waals surface area contributed by atoms with Crippen LogP contribution in [-0.2, 0) is 14.3 Å². The van der Waals surface area contributed by atoms with Gasteiger partial charge in [0.25, 0.3) is 0 Å². The summed E-state index contributed by atoms with van der Waals surface area (Å²) in [7, 11) is 0. The first-order chi connectivity index (χ1) is 10.9. The molecular formula is C19H37NO3. The van der Waals surface area contributed by atoms with E-state index in [1.165, 1.54) is 19.3 Å². The fourth-order valence-corrected chi connectivity index (χ4v) is 2.35. The molecule has 1 amide bonds. The number of nitrogens with zero attached hydrogens (tertiary/aromatic N) is 1.